The van der Waals surface area contributed by atoms with Crippen LogP contribution in [0.3, 0.4) is 0 Å². The Hall–Kier alpha value is -1.43. The predicted octanol–water partition coefficient (Wildman–Crippen LogP) is -0.0532. The first-order chi connectivity index (χ1) is 12.5. The predicted molar refractivity (Wildman–Crippen MR) is 88.8 cm³/mol. The van der Waals surface area contributed by atoms with Crippen LogP contribution in [-0.4, -0.2) is 51.8 Å². The lowest BCUT2D eigenvalue weighted by Crippen LogP contribution is -2.26. The van der Waals surface area contributed by atoms with Gasteiger partial charge in [-0.15, -0.1) is 0 Å². The van der Waals surface area contributed by atoms with E-state index in [1.54, 1.807) is 4.57 Å². The van der Waals surface area contributed by atoms with E-state index in [1.807, 2.05) is 0 Å². The molecule has 0 bridgehead atoms. The van der Waals surface area contributed by atoms with Gasteiger partial charge in [-0.3, -0.25) is 9.05 Å². The Morgan fingerprint density at radius 2 is 1.96 bits per heavy atom. The molecule has 27 heavy (non-hydrogen) atoms. The second-order valence-corrected chi connectivity index (χ2v) is 9.21. The second-order valence-electron chi connectivity index (χ2n) is 6.78. The van der Waals surface area contributed by atoms with Gasteiger partial charge in [-0.05, 0) is 18.8 Å². The summed E-state index contributed by atoms with van der Waals surface area (Å²) in [5.41, 5.74) is 5.73. The van der Waals surface area contributed by atoms with Crippen molar-refractivity contribution in [2.75, 3.05) is 12.3 Å². The van der Waals surface area contributed by atoms with Crippen molar-refractivity contribution in [1.82, 2.24) is 19.5 Å². The van der Waals surface area contributed by atoms with E-state index < -0.39 is 27.2 Å². The van der Waals surface area contributed by atoms with Crippen molar-refractivity contribution in [3.63, 3.8) is 0 Å². The third-order valence-electron chi connectivity index (χ3n) is 5.25. The molecule has 13 nitrogen and oxygen atoms in total. The quantitative estimate of drug-likeness (QED) is 0.390. The fourth-order valence-corrected chi connectivity index (χ4v) is 5.09. The summed E-state index contributed by atoms with van der Waals surface area (Å²) < 4.78 is 33.7. The summed E-state index contributed by atoms with van der Waals surface area (Å²) in [6, 6.07) is -0.304. The van der Waals surface area contributed by atoms with Gasteiger partial charge in [-0.1, -0.05) is 0 Å². The van der Waals surface area contributed by atoms with Gasteiger partial charge in [0.2, 0.25) is 0 Å². The van der Waals surface area contributed by atoms with Crippen molar-refractivity contribution in [1.29, 1.82) is 0 Å². The maximum Gasteiger partial charge on any atom is 0.469 e. The number of hydrogen-bond donors (Lipinski definition) is 5. The summed E-state index contributed by atoms with van der Waals surface area (Å²) in [5.74, 6) is 0.0147. The number of fused-ring (bicyclic) bond motifs is 2. The Kier molecular flexibility index (Phi) is 4.22. The molecule has 2 aromatic rings. The number of nitrogens with zero attached hydrogens (tertiary/aromatic N) is 4. The molecule has 6 N–H and O–H groups in total. The van der Waals surface area contributed by atoms with Crippen molar-refractivity contribution < 1.29 is 37.8 Å². The van der Waals surface area contributed by atoms with Gasteiger partial charge in [-0.2, -0.15) is 0 Å². The topological polar surface area (TPSA) is 203 Å². The van der Waals surface area contributed by atoms with Crippen LogP contribution in [0.5, 0.6) is 0 Å². The van der Waals surface area contributed by atoms with E-state index >= 15 is 0 Å². The van der Waals surface area contributed by atoms with Gasteiger partial charge in [-0.25, -0.2) is 24.1 Å². The third kappa shape index (κ3) is 3.41. The molecule has 0 aliphatic heterocycles. The third-order valence-corrected chi connectivity index (χ3v) is 6.24. The van der Waals surface area contributed by atoms with E-state index in [4.69, 9.17) is 20.0 Å². The Balaban J connectivity index is 1.67. The van der Waals surface area contributed by atoms with Crippen LogP contribution in [0.25, 0.3) is 11.2 Å². The van der Waals surface area contributed by atoms with Gasteiger partial charge in [0.1, 0.15) is 11.8 Å². The van der Waals surface area contributed by atoms with Crippen molar-refractivity contribution in [3.05, 3.63) is 12.7 Å². The number of hydrogen-bond acceptors (Lipinski definition) is 8. The van der Waals surface area contributed by atoms with Crippen molar-refractivity contribution >= 4 is 32.6 Å². The molecule has 0 aromatic carbocycles. The molecule has 0 radical (unpaired) electrons. The first-order valence-corrected chi connectivity index (χ1v) is 10.9. The van der Waals surface area contributed by atoms with Crippen LogP contribution < -0.4 is 5.73 Å². The smallest absolute Gasteiger partial charge is 0.382 e. The van der Waals surface area contributed by atoms with Crippen molar-refractivity contribution in [3.8, 4) is 0 Å². The zero-order chi connectivity index (χ0) is 19.6. The van der Waals surface area contributed by atoms with Crippen LogP contribution >= 0.6 is 15.6 Å². The molecule has 2 fully saturated rings. The molecule has 2 aliphatic carbocycles. The van der Waals surface area contributed by atoms with E-state index in [1.165, 1.54) is 12.7 Å². The number of aromatic nitrogens is 4. The van der Waals surface area contributed by atoms with Gasteiger partial charge in [0.25, 0.3) is 0 Å². The molecule has 2 heterocycles. The Bertz CT molecular complexity index is 987. The second kappa shape index (κ2) is 6.03. The lowest BCUT2D eigenvalue weighted by molar-refractivity contribution is 0.0499. The molecular weight excluding hydrogens is 404 g/mol. The molecule has 148 valence electrons. The van der Waals surface area contributed by atoms with Gasteiger partial charge in [0.05, 0.1) is 19.0 Å². The molecule has 0 spiro atoms. The number of phosphoric acid groups is 2. The van der Waals surface area contributed by atoms with Crippen molar-refractivity contribution in [2.24, 2.45) is 11.3 Å². The number of imidazole rings is 1. The zero-order valence-electron chi connectivity index (χ0n) is 13.7. The number of phosphoric ester groups is 2. The molecule has 2 unspecified atom stereocenters. The van der Waals surface area contributed by atoms with Gasteiger partial charge in [0, 0.05) is 11.5 Å². The maximum atomic E-state index is 11.4. The fraction of sp³-hybridized carbons (Fsp3) is 0.583. The number of rotatable bonds is 6. The van der Waals surface area contributed by atoms with Crippen LogP contribution in [0, 0.1) is 11.3 Å². The first-order valence-electron chi connectivity index (χ1n) is 7.87. The van der Waals surface area contributed by atoms with Gasteiger partial charge >= 0.3 is 15.6 Å². The van der Waals surface area contributed by atoms with Crippen LogP contribution in [0.4, 0.5) is 5.82 Å². The summed E-state index contributed by atoms with van der Waals surface area (Å²) in [6.45, 7) is -0.382. The van der Waals surface area contributed by atoms with Crippen LogP contribution in [0.15, 0.2) is 12.7 Å². The average Bonchev–Trinajstić information content (AvgIpc) is 2.98. The summed E-state index contributed by atoms with van der Waals surface area (Å²) in [4.78, 5) is 48.7. The fourth-order valence-electron chi connectivity index (χ4n) is 4.06. The molecule has 0 saturated heterocycles. The molecular formula is C12H17N5O8P2. The molecule has 2 aliphatic rings. The van der Waals surface area contributed by atoms with Gasteiger partial charge < -0.3 is 29.9 Å². The van der Waals surface area contributed by atoms with E-state index in [0.717, 1.165) is 0 Å². The summed E-state index contributed by atoms with van der Waals surface area (Å²) in [6.07, 6.45) is 2.45. The highest BCUT2D eigenvalue weighted by Crippen LogP contribution is 2.71. The minimum Gasteiger partial charge on any atom is -0.382 e. The molecule has 0 amide bonds. The van der Waals surface area contributed by atoms with E-state index in [0.29, 0.717) is 17.6 Å². The molecule has 2 saturated carbocycles. The molecule has 4 atom stereocenters. The largest absolute Gasteiger partial charge is 0.469 e. The molecule has 4 rings (SSSR count). The molecule has 2 aromatic heterocycles. The number of anilines is 1. The van der Waals surface area contributed by atoms with E-state index in [2.05, 4.69) is 19.5 Å². The zero-order valence-corrected chi connectivity index (χ0v) is 15.5. The highest BCUT2D eigenvalue weighted by molar-refractivity contribution is 7.46. The monoisotopic (exact) mass is 421 g/mol. The highest BCUT2D eigenvalue weighted by atomic mass is 31.2. The molecule has 15 heteroatoms. The SMILES string of the molecule is Nc1ncnc2c1ncn2[C@H]1C[C@H](OP(=O)(O)O)C2(COP(=O)(O)O)CC12. The lowest BCUT2D eigenvalue weighted by Gasteiger charge is -2.24. The van der Waals surface area contributed by atoms with Crippen LogP contribution in [-0.2, 0) is 18.2 Å². The number of nitrogens with two attached hydrogens (primary N) is 1. The number of nitrogen functional groups attached to an aromatic ring is 1. The lowest BCUT2D eigenvalue weighted by atomic mass is 10.0. The minimum atomic E-state index is -4.81. The standard InChI is InChI=1S/C12H17N5O8P2/c13-10-9-11(15-4-14-10)17(5-16-9)7-1-8(25-27(21,22)23)12(2-6(7)12)3-24-26(18,19)20/h4-8H,1-3H2,(H2,13,14,15)(H2,18,19,20)(H2,21,22,23)/t6?,7-,8-,12?/m0/s1. The van der Waals surface area contributed by atoms with Crippen LogP contribution in [0.1, 0.15) is 18.9 Å². The normalized spacial score (nSPS) is 30.6. The average molecular weight is 421 g/mol. The Morgan fingerprint density at radius 1 is 1.22 bits per heavy atom. The first kappa shape index (κ1) is 18.9. The maximum absolute atomic E-state index is 11.4. The summed E-state index contributed by atoms with van der Waals surface area (Å²) >= 11 is 0. The van der Waals surface area contributed by atoms with Crippen molar-refractivity contribution in [2.45, 2.75) is 25.0 Å². The Labute approximate surface area is 152 Å². The highest BCUT2D eigenvalue weighted by Gasteiger charge is 2.69. The van der Waals surface area contributed by atoms with E-state index in [-0.39, 0.29) is 30.8 Å². The van der Waals surface area contributed by atoms with E-state index in [9.17, 15) is 18.9 Å². The minimum absolute atomic E-state index is 0.186. The summed E-state index contributed by atoms with van der Waals surface area (Å²) in [7, 11) is -9.56. The Morgan fingerprint density at radius 3 is 2.63 bits per heavy atom. The summed E-state index contributed by atoms with van der Waals surface area (Å²) in [5, 5.41) is 0. The van der Waals surface area contributed by atoms with Gasteiger partial charge in [0.15, 0.2) is 11.5 Å². The van der Waals surface area contributed by atoms with Crippen LogP contribution in [0.2, 0.25) is 0 Å².